The normalized spacial score (nSPS) is 17.8. The number of hydrogen-bond acceptors (Lipinski definition) is 2. The minimum atomic E-state index is -3.46. The van der Waals surface area contributed by atoms with Crippen LogP contribution in [0, 0.1) is 12.8 Å². The molecule has 5 heteroatoms. The zero-order valence-electron chi connectivity index (χ0n) is 15.1. The van der Waals surface area contributed by atoms with E-state index >= 15 is 0 Å². The standard InChI is InChI=1S/C20H30BrNO2S/c1-17-12-14-19(15-13-17)25(23,24)22-20(11-7-2-3-8-16-21)18-9-5-4-6-10-18/h2,7,12-15,18,20,22H,3-6,8-11,16H2,1H3/b7-2+. The first-order valence-electron chi connectivity index (χ1n) is 9.33. The van der Waals surface area contributed by atoms with Gasteiger partial charge in [0, 0.05) is 11.4 Å². The molecule has 0 bridgehead atoms. The SMILES string of the molecule is Cc1ccc(S(=O)(=O)NC(C/C=C/CCCBr)C2CCCCC2)cc1. The number of halogens is 1. The van der Waals surface area contributed by atoms with E-state index in [0.29, 0.717) is 10.8 Å². The van der Waals surface area contributed by atoms with Crippen molar-refractivity contribution < 1.29 is 8.42 Å². The molecule has 0 spiro atoms. The molecule has 1 aliphatic rings. The molecular formula is C20H30BrNO2S. The molecule has 1 N–H and O–H groups in total. The van der Waals surface area contributed by atoms with Gasteiger partial charge in [-0.15, -0.1) is 0 Å². The number of nitrogens with one attached hydrogen (secondary N) is 1. The topological polar surface area (TPSA) is 46.2 Å². The minimum absolute atomic E-state index is 0.00757. The van der Waals surface area contributed by atoms with Crippen LogP contribution in [-0.2, 0) is 10.0 Å². The lowest BCUT2D eigenvalue weighted by Gasteiger charge is -2.30. The number of sulfonamides is 1. The van der Waals surface area contributed by atoms with Gasteiger partial charge < -0.3 is 0 Å². The molecule has 1 aromatic carbocycles. The molecule has 0 aromatic heterocycles. The van der Waals surface area contributed by atoms with Crippen LogP contribution in [0.15, 0.2) is 41.3 Å². The van der Waals surface area contributed by atoms with Crippen LogP contribution in [0.5, 0.6) is 0 Å². The predicted octanol–water partition coefficient (Wildman–Crippen LogP) is 5.34. The van der Waals surface area contributed by atoms with E-state index in [0.717, 1.165) is 43.0 Å². The first-order chi connectivity index (χ1) is 12.0. The first-order valence-corrected chi connectivity index (χ1v) is 11.9. The highest BCUT2D eigenvalue weighted by molar-refractivity contribution is 9.09. The van der Waals surface area contributed by atoms with Crippen LogP contribution < -0.4 is 4.72 Å². The summed E-state index contributed by atoms with van der Waals surface area (Å²) in [6.45, 7) is 1.96. The number of alkyl halides is 1. The van der Waals surface area contributed by atoms with Crippen molar-refractivity contribution in [3.63, 3.8) is 0 Å². The van der Waals surface area contributed by atoms with Gasteiger partial charge >= 0.3 is 0 Å². The average molecular weight is 428 g/mol. The van der Waals surface area contributed by atoms with Crippen molar-refractivity contribution >= 4 is 26.0 Å². The summed E-state index contributed by atoms with van der Waals surface area (Å²) in [7, 11) is -3.46. The molecule has 2 rings (SSSR count). The van der Waals surface area contributed by atoms with Crippen LogP contribution >= 0.6 is 15.9 Å². The molecule has 140 valence electrons. The van der Waals surface area contributed by atoms with Crippen molar-refractivity contribution in [2.45, 2.75) is 69.2 Å². The summed E-state index contributed by atoms with van der Waals surface area (Å²) in [5.41, 5.74) is 1.07. The van der Waals surface area contributed by atoms with Gasteiger partial charge in [-0.2, -0.15) is 0 Å². The van der Waals surface area contributed by atoms with E-state index in [2.05, 4.69) is 32.8 Å². The fourth-order valence-electron chi connectivity index (χ4n) is 3.41. The van der Waals surface area contributed by atoms with Gasteiger partial charge in [-0.3, -0.25) is 0 Å². The van der Waals surface area contributed by atoms with E-state index in [-0.39, 0.29) is 6.04 Å². The van der Waals surface area contributed by atoms with Gasteiger partial charge in [-0.25, -0.2) is 13.1 Å². The Kier molecular flexibility index (Phi) is 8.67. The number of aryl methyl sites for hydroxylation is 1. The molecular weight excluding hydrogens is 398 g/mol. The summed E-state index contributed by atoms with van der Waals surface area (Å²) in [5.74, 6) is 0.440. The molecule has 3 nitrogen and oxygen atoms in total. The molecule has 1 aromatic rings. The zero-order valence-corrected chi connectivity index (χ0v) is 17.5. The summed E-state index contributed by atoms with van der Waals surface area (Å²) in [5, 5.41) is 1.00. The lowest BCUT2D eigenvalue weighted by molar-refractivity contribution is 0.291. The Morgan fingerprint density at radius 2 is 1.84 bits per heavy atom. The van der Waals surface area contributed by atoms with Gasteiger partial charge in [0.25, 0.3) is 0 Å². The third kappa shape index (κ3) is 6.87. The molecule has 0 saturated heterocycles. The third-order valence-corrected chi connectivity index (χ3v) is 6.98. The number of allylic oxidation sites excluding steroid dienone is 1. The van der Waals surface area contributed by atoms with Crippen molar-refractivity contribution in [2.24, 2.45) is 5.92 Å². The highest BCUT2D eigenvalue weighted by atomic mass is 79.9. The minimum Gasteiger partial charge on any atom is -0.207 e. The van der Waals surface area contributed by atoms with Crippen LogP contribution in [0.4, 0.5) is 0 Å². The van der Waals surface area contributed by atoms with Crippen molar-refractivity contribution in [1.82, 2.24) is 4.72 Å². The number of benzene rings is 1. The molecule has 0 aliphatic heterocycles. The van der Waals surface area contributed by atoms with Gasteiger partial charge in [-0.05, 0) is 57.1 Å². The fourth-order valence-corrected chi connectivity index (χ4v) is 5.06. The van der Waals surface area contributed by atoms with Crippen LogP contribution in [-0.4, -0.2) is 19.8 Å². The summed E-state index contributed by atoms with van der Waals surface area (Å²) in [4.78, 5) is 0.363. The number of rotatable bonds is 9. The van der Waals surface area contributed by atoms with Gasteiger partial charge in [0.1, 0.15) is 0 Å². The fraction of sp³-hybridized carbons (Fsp3) is 0.600. The molecule has 0 heterocycles. The maximum absolute atomic E-state index is 12.8. The molecule has 1 fully saturated rings. The Balaban J connectivity index is 2.07. The summed E-state index contributed by atoms with van der Waals surface area (Å²) in [6.07, 6.45) is 13.2. The molecule has 1 atom stereocenters. The van der Waals surface area contributed by atoms with Crippen molar-refractivity contribution in [3.8, 4) is 0 Å². The largest absolute Gasteiger partial charge is 0.240 e. The second-order valence-electron chi connectivity index (χ2n) is 6.98. The molecule has 1 saturated carbocycles. The number of unbranched alkanes of at least 4 members (excludes halogenated alkanes) is 1. The van der Waals surface area contributed by atoms with E-state index in [4.69, 9.17) is 0 Å². The third-order valence-electron chi connectivity index (χ3n) is 4.92. The van der Waals surface area contributed by atoms with E-state index in [1.165, 1.54) is 19.3 Å². The van der Waals surface area contributed by atoms with Gasteiger partial charge in [0.05, 0.1) is 4.90 Å². The Hall–Kier alpha value is -0.650. The monoisotopic (exact) mass is 427 g/mol. The maximum Gasteiger partial charge on any atom is 0.240 e. The summed E-state index contributed by atoms with van der Waals surface area (Å²) >= 11 is 3.44. The molecule has 1 aliphatic carbocycles. The summed E-state index contributed by atoms with van der Waals surface area (Å²) < 4.78 is 28.6. The first kappa shape index (κ1) is 20.7. The van der Waals surface area contributed by atoms with Gasteiger partial charge in [0.15, 0.2) is 0 Å². The molecule has 0 radical (unpaired) electrons. The van der Waals surface area contributed by atoms with Crippen molar-refractivity contribution in [2.75, 3.05) is 5.33 Å². The Bertz CT molecular complexity index is 634. The van der Waals surface area contributed by atoms with Gasteiger partial charge in [-0.1, -0.05) is 65.0 Å². The van der Waals surface area contributed by atoms with Crippen LogP contribution in [0.1, 0.15) is 56.9 Å². The van der Waals surface area contributed by atoms with Crippen LogP contribution in [0.25, 0.3) is 0 Å². The second kappa shape index (κ2) is 10.5. The molecule has 0 amide bonds. The Morgan fingerprint density at radius 1 is 1.16 bits per heavy atom. The van der Waals surface area contributed by atoms with E-state index in [1.54, 1.807) is 12.1 Å². The van der Waals surface area contributed by atoms with Crippen molar-refractivity contribution in [3.05, 3.63) is 42.0 Å². The van der Waals surface area contributed by atoms with E-state index < -0.39 is 10.0 Å². The average Bonchev–Trinajstić information content (AvgIpc) is 2.61. The van der Waals surface area contributed by atoms with Gasteiger partial charge in [0.2, 0.25) is 10.0 Å². The quantitative estimate of drug-likeness (QED) is 0.328. The van der Waals surface area contributed by atoms with E-state index in [1.807, 2.05) is 19.1 Å². The number of hydrogen-bond donors (Lipinski definition) is 1. The van der Waals surface area contributed by atoms with Crippen LogP contribution in [0.3, 0.4) is 0 Å². The second-order valence-corrected chi connectivity index (χ2v) is 9.48. The lowest BCUT2D eigenvalue weighted by atomic mass is 9.83. The Morgan fingerprint density at radius 3 is 2.48 bits per heavy atom. The highest BCUT2D eigenvalue weighted by Gasteiger charge is 2.27. The van der Waals surface area contributed by atoms with Crippen LogP contribution in [0.2, 0.25) is 0 Å². The molecule has 1 unspecified atom stereocenters. The summed E-state index contributed by atoms with van der Waals surface area (Å²) in [6, 6.07) is 7.09. The van der Waals surface area contributed by atoms with Crippen molar-refractivity contribution in [1.29, 1.82) is 0 Å². The Labute approximate surface area is 161 Å². The molecule has 25 heavy (non-hydrogen) atoms. The zero-order chi connectivity index (χ0) is 18.1. The smallest absolute Gasteiger partial charge is 0.207 e. The lowest BCUT2D eigenvalue weighted by Crippen LogP contribution is -2.40. The maximum atomic E-state index is 12.8. The van der Waals surface area contributed by atoms with E-state index in [9.17, 15) is 8.42 Å². The highest BCUT2D eigenvalue weighted by Crippen LogP contribution is 2.29. The predicted molar refractivity (Wildman–Crippen MR) is 109 cm³/mol.